The zero-order chi connectivity index (χ0) is 8.27. The molecular weight excluding hydrogens is 162 g/mol. The van der Waals surface area contributed by atoms with Gasteiger partial charge in [0.2, 0.25) is 0 Å². The Balaban J connectivity index is 2.79. The van der Waals surface area contributed by atoms with Gasteiger partial charge in [-0.1, -0.05) is 17.4 Å². The highest BCUT2D eigenvalue weighted by molar-refractivity contribution is 7.13. The topological polar surface area (TPSA) is 42.4 Å². The first kappa shape index (κ1) is 8.23. The molecule has 0 amide bonds. The lowest BCUT2D eigenvalue weighted by atomic mass is 10.3. The summed E-state index contributed by atoms with van der Waals surface area (Å²) in [5.74, 6) is 0. The number of methoxy groups -OCH3 is 1. The Kier molecular flexibility index (Phi) is 2.62. The van der Waals surface area contributed by atoms with Crippen molar-refractivity contribution in [2.45, 2.75) is 6.10 Å². The lowest BCUT2D eigenvalue weighted by Gasteiger charge is -1.96. The van der Waals surface area contributed by atoms with Crippen LogP contribution >= 0.6 is 11.3 Å². The maximum absolute atomic E-state index is 9.23. The molecule has 1 heterocycles. The monoisotopic (exact) mass is 171 g/mol. The molecule has 11 heavy (non-hydrogen) atoms. The van der Waals surface area contributed by atoms with Crippen LogP contribution in [-0.4, -0.2) is 17.2 Å². The Bertz CT molecular complexity index is 246. The summed E-state index contributed by atoms with van der Waals surface area (Å²) in [5.41, 5.74) is 0. The summed E-state index contributed by atoms with van der Waals surface area (Å²) in [6, 6.07) is 0. The molecule has 0 aliphatic carbocycles. The van der Waals surface area contributed by atoms with Gasteiger partial charge in [-0.05, 0) is 0 Å². The zero-order valence-electron chi connectivity index (χ0n) is 6.15. The van der Waals surface area contributed by atoms with Crippen LogP contribution in [-0.2, 0) is 0 Å². The van der Waals surface area contributed by atoms with Crippen LogP contribution in [0.1, 0.15) is 11.0 Å². The number of aliphatic hydroxyl groups excluding tert-OH is 1. The number of rotatable bonds is 3. The first-order chi connectivity index (χ1) is 5.27. The molecule has 0 saturated carbocycles. The first-order valence-corrected chi connectivity index (χ1v) is 3.90. The molecule has 0 bridgehead atoms. The molecule has 0 fully saturated rings. The molecule has 1 aromatic rings. The maximum Gasteiger partial charge on any atom is 0.273 e. The standard InChI is InChI=1S/C7H9NO2S/c1-3-5(9)6-4-8-7(10-2)11-6/h3-5,9H,1H2,2H3. The van der Waals surface area contributed by atoms with Gasteiger partial charge in [-0.3, -0.25) is 0 Å². The second kappa shape index (κ2) is 3.50. The quantitative estimate of drug-likeness (QED) is 0.698. The van der Waals surface area contributed by atoms with Gasteiger partial charge < -0.3 is 9.84 Å². The van der Waals surface area contributed by atoms with Crippen LogP contribution in [0.4, 0.5) is 0 Å². The van der Waals surface area contributed by atoms with Crippen LogP contribution in [0.2, 0.25) is 0 Å². The third-order valence-corrected chi connectivity index (χ3v) is 2.22. The van der Waals surface area contributed by atoms with Crippen LogP contribution in [0, 0.1) is 0 Å². The van der Waals surface area contributed by atoms with Gasteiger partial charge >= 0.3 is 0 Å². The Labute approximate surface area is 69.0 Å². The van der Waals surface area contributed by atoms with Crippen LogP contribution < -0.4 is 4.74 Å². The molecule has 60 valence electrons. The van der Waals surface area contributed by atoms with Crippen molar-refractivity contribution in [3.05, 3.63) is 23.7 Å². The summed E-state index contributed by atoms with van der Waals surface area (Å²) in [5, 5.41) is 9.79. The lowest BCUT2D eigenvalue weighted by molar-refractivity contribution is 0.232. The molecule has 0 radical (unpaired) electrons. The number of hydrogen-bond donors (Lipinski definition) is 1. The van der Waals surface area contributed by atoms with Crippen LogP contribution in [0.5, 0.6) is 5.19 Å². The minimum atomic E-state index is -0.628. The fourth-order valence-corrected chi connectivity index (χ4v) is 1.33. The molecular formula is C7H9NO2S. The minimum absolute atomic E-state index is 0.556. The molecule has 3 nitrogen and oxygen atoms in total. The van der Waals surface area contributed by atoms with E-state index in [1.165, 1.54) is 17.4 Å². The van der Waals surface area contributed by atoms with Crippen molar-refractivity contribution in [3.8, 4) is 5.19 Å². The largest absolute Gasteiger partial charge is 0.473 e. The highest BCUT2D eigenvalue weighted by atomic mass is 32.1. The lowest BCUT2D eigenvalue weighted by Crippen LogP contribution is -1.86. The van der Waals surface area contributed by atoms with Crippen LogP contribution in [0.25, 0.3) is 0 Å². The Morgan fingerprint density at radius 1 is 1.91 bits per heavy atom. The SMILES string of the molecule is C=CC(O)c1cnc(OC)s1. The molecule has 0 spiro atoms. The summed E-state index contributed by atoms with van der Waals surface area (Å²) in [7, 11) is 1.54. The van der Waals surface area contributed by atoms with Gasteiger partial charge in [0.1, 0.15) is 6.10 Å². The van der Waals surface area contributed by atoms with Crippen molar-refractivity contribution in [1.29, 1.82) is 0 Å². The van der Waals surface area contributed by atoms with Crippen molar-refractivity contribution in [2.75, 3.05) is 7.11 Å². The average molecular weight is 171 g/mol. The molecule has 0 aromatic carbocycles. The molecule has 0 saturated heterocycles. The van der Waals surface area contributed by atoms with Gasteiger partial charge in [-0.25, -0.2) is 4.98 Å². The molecule has 1 unspecified atom stereocenters. The van der Waals surface area contributed by atoms with E-state index in [1.54, 1.807) is 13.3 Å². The van der Waals surface area contributed by atoms with E-state index in [-0.39, 0.29) is 0 Å². The van der Waals surface area contributed by atoms with Crippen molar-refractivity contribution >= 4 is 11.3 Å². The molecule has 4 heteroatoms. The third kappa shape index (κ3) is 1.78. The normalized spacial score (nSPS) is 12.5. The first-order valence-electron chi connectivity index (χ1n) is 3.08. The van der Waals surface area contributed by atoms with Gasteiger partial charge in [-0.15, -0.1) is 6.58 Å². The summed E-state index contributed by atoms with van der Waals surface area (Å²) in [6.45, 7) is 3.46. The van der Waals surface area contributed by atoms with E-state index in [0.29, 0.717) is 5.19 Å². The molecule has 1 aromatic heterocycles. The summed E-state index contributed by atoms with van der Waals surface area (Å²) < 4.78 is 4.85. The molecule has 1 N–H and O–H groups in total. The van der Waals surface area contributed by atoms with E-state index in [0.717, 1.165) is 4.88 Å². The number of nitrogens with zero attached hydrogens (tertiary/aromatic N) is 1. The van der Waals surface area contributed by atoms with Crippen LogP contribution in [0.15, 0.2) is 18.9 Å². The summed E-state index contributed by atoms with van der Waals surface area (Å²) in [6.07, 6.45) is 2.40. The highest BCUT2D eigenvalue weighted by Gasteiger charge is 2.07. The Morgan fingerprint density at radius 3 is 3.09 bits per heavy atom. The van der Waals surface area contributed by atoms with Gasteiger partial charge in [-0.2, -0.15) is 0 Å². The van der Waals surface area contributed by atoms with Gasteiger partial charge in [0.25, 0.3) is 5.19 Å². The summed E-state index contributed by atoms with van der Waals surface area (Å²) in [4.78, 5) is 4.64. The molecule has 1 atom stereocenters. The number of hydrogen-bond acceptors (Lipinski definition) is 4. The van der Waals surface area contributed by atoms with E-state index in [1.807, 2.05) is 0 Å². The number of aliphatic hydroxyl groups is 1. The average Bonchev–Trinajstić information content (AvgIpc) is 2.50. The van der Waals surface area contributed by atoms with Gasteiger partial charge in [0, 0.05) is 6.20 Å². The second-order valence-corrected chi connectivity index (χ2v) is 2.94. The Morgan fingerprint density at radius 2 is 2.64 bits per heavy atom. The predicted molar refractivity (Wildman–Crippen MR) is 43.8 cm³/mol. The van der Waals surface area contributed by atoms with Crippen molar-refractivity contribution < 1.29 is 9.84 Å². The minimum Gasteiger partial charge on any atom is -0.473 e. The number of aromatic nitrogens is 1. The fraction of sp³-hybridized carbons (Fsp3) is 0.286. The van der Waals surface area contributed by atoms with Crippen molar-refractivity contribution in [2.24, 2.45) is 0 Å². The Hall–Kier alpha value is -0.870. The maximum atomic E-state index is 9.23. The highest BCUT2D eigenvalue weighted by Crippen LogP contribution is 2.25. The zero-order valence-corrected chi connectivity index (χ0v) is 6.97. The molecule has 0 aliphatic heterocycles. The summed E-state index contributed by atoms with van der Waals surface area (Å²) >= 11 is 1.31. The van der Waals surface area contributed by atoms with Crippen LogP contribution in [0.3, 0.4) is 0 Å². The van der Waals surface area contributed by atoms with Gasteiger partial charge in [0.05, 0.1) is 12.0 Å². The van der Waals surface area contributed by atoms with Crippen molar-refractivity contribution in [1.82, 2.24) is 4.98 Å². The smallest absolute Gasteiger partial charge is 0.273 e. The molecule has 1 rings (SSSR count). The van der Waals surface area contributed by atoms with E-state index in [2.05, 4.69) is 11.6 Å². The second-order valence-electron chi connectivity index (χ2n) is 1.91. The third-order valence-electron chi connectivity index (χ3n) is 1.19. The number of ether oxygens (including phenoxy) is 1. The van der Waals surface area contributed by atoms with Crippen molar-refractivity contribution in [3.63, 3.8) is 0 Å². The van der Waals surface area contributed by atoms with E-state index in [9.17, 15) is 5.11 Å². The fourth-order valence-electron chi connectivity index (χ4n) is 0.617. The molecule has 0 aliphatic rings. The van der Waals surface area contributed by atoms with E-state index in [4.69, 9.17) is 4.74 Å². The number of thiazole rings is 1. The van der Waals surface area contributed by atoms with Gasteiger partial charge in [0.15, 0.2) is 0 Å². The predicted octanol–water partition coefficient (Wildman–Crippen LogP) is 1.37. The van der Waals surface area contributed by atoms with E-state index >= 15 is 0 Å². The van der Waals surface area contributed by atoms with E-state index < -0.39 is 6.10 Å².